The first-order chi connectivity index (χ1) is 12.6. The fraction of sp³-hybridized carbons (Fsp3) is 0.350. The van der Waals surface area contributed by atoms with E-state index in [9.17, 15) is 4.79 Å². The van der Waals surface area contributed by atoms with Crippen molar-refractivity contribution >= 4 is 5.91 Å². The van der Waals surface area contributed by atoms with Gasteiger partial charge in [-0.25, -0.2) is 4.98 Å². The van der Waals surface area contributed by atoms with Gasteiger partial charge in [-0.2, -0.15) is 5.10 Å². The van der Waals surface area contributed by atoms with Crippen LogP contribution in [0.5, 0.6) is 0 Å². The van der Waals surface area contributed by atoms with Crippen LogP contribution < -0.4 is 5.32 Å². The first-order valence-electron chi connectivity index (χ1n) is 8.95. The normalized spacial score (nSPS) is 11.1. The van der Waals surface area contributed by atoms with Gasteiger partial charge < -0.3 is 9.88 Å². The molecule has 0 aliphatic carbocycles. The predicted octanol–water partition coefficient (Wildman–Crippen LogP) is 3.53. The molecule has 0 fully saturated rings. The molecule has 0 bridgehead atoms. The van der Waals surface area contributed by atoms with Crippen molar-refractivity contribution < 1.29 is 4.79 Å². The molecule has 2 aromatic heterocycles. The molecular formula is C20H25N5O. The lowest BCUT2D eigenvalue weighted by molar-refractivity contribution is 0.0953. The summed E-state index contributed by atoms with van der Waals surface area (Å²) in [5, 5.41) is 10.5. The zero-order valence-electron chi connectivity index (χ0n) is 15.5. The summed E-state index contributed by atoms with van der Waals surface area (Å²) in [6, 6.07) is 7.74. The average molecular weight is 351 g/mol. The maximum Gasteiger partial charge on any atom is 0.251 e. The van der Waals surface area contributed by atoms with E-state index in [-0.39, 0.29) is 5.91 Å². The molecule has 6 nitrogen and oxygen atoms in total. The first kappa shape index (κ1) is 17.9. The van der Waals surface area contributed by atoms with Crippen molar-refractivity contribution in [1.29, 1.82) is 0 Å². The molecule has 2 N–H and O–H groups in total. The molecule has 136 valence electrons. The van der Waals surface area contributed by atoms with Crippen molar-refractivity contribution in [2.75, 3.05) is 6.54 Å². The number of amides is 1. The number of nitrogens with zero attached hydrogens (tertiary/aromatic N) is 3. The Labute approximate surface area is 153 Å². The molecule has 2 heterocycles. The largest absolute Gasteiger partial charge is 0.352 e. The fourth-order valence-corrected chi connectivity index (χ4v) is 3.03. The molecule has 1 aromatic carbocycles. The van der Waals surface area contributed by atoms with Crippen molar-refractivity contribution in [3.05, 3.63) is 59.9 Å². The second-order valence-electron chi connectivity index (χ2n) is 6.75. The van der Waals surface area contributed by atoms with Crippen LogP contribution in [0.3, 0.4) is 0 Å². The second-order valence-corrected chi connectivity index (χ2v) is 6.75. The number of rotatable bonds is 7. The van der Waals surface area contributed by atoms with Crippen LogP contribution in [0, 0.1) is 6.92 Å². The lowest BCUT2D eigenvalue weighted by Gasteiger charge is -2.10. The SMILES string of the molecule is Cc1[nH]nc(C(C)C)c1-c1cccc(C(=O)NCCCn2ccnc2)c1. The highest BCUT2D eigenvalue weighted by Gasteiger charge is 2.16. The van der Waals surface area contributed by atoms with Crippen molar-refractivity contribution in [2.45, 2.75) is 39.7 Å². The van der Waals surface area contributed by atoms with E-state index in [4.69, 9.17) is 0 Å². The van der Waals surface area contributed by atoms with Gasteiger partial charge in [0.1, 0.15) is 0 Å². The first-order valence-corrected chi connectivity index (χ1v) is 8.95. The molecule has 3 aromatic rings. The Morgan fingerprint density at radius 2 is 2.19 bits per heavy atom. The third-order valence-electron chi connectivity index (χ3n) is 4.37. The Morgan fingerprint density at radius 1 is 1.35 bits per heavy atom. The summed E-state index contributed by atoms with van der Waals surface area (Å²) < 4.78 is 2.00. The number of carbonyl (C=O) groups excluding carboxylic acids is 1. The van der Waals surface area contributed by atoms with E-state index in [1.807, 2.05) is 42.0 Å². The highest BCUT2D eigenvalue weighted by molar-refractivity contribution is 5.95. The molecule has 0 saturated carbocycles. The second kappa shape index (κ2) is 7.99. The summed E-state index contributed by atoms with van der Waals surface area (Å²) >= 11 is 0. The number of aromatic amines is 1. The molecule has 1 amide bonds. The van der Waals surface area contributed by atoms with Gasteiger partial charge in [-0.1, -0.05) is 26.0 Å². The third-order valence-corrected chi connectivity index (χ3v) is 4.37. The van der Waals surface area contributed by atoms with Gasteiger partial charge in [0.2, 0.25) is 0 Å². The van der Waals surface area contributed by atoms with Crippen LogP contribution in [-0.2, 0) is 6.54 Å². The van der Waals surface area contributed by atoms with Crippen molar-refractivity contribution in [2.24, 2.45) is 0 Å². The van der Waals surface area contributed by atoms with Gasteiger partial charge in [0.25, 0.3) is 5.91 Å². The topological polar surface area (TPSA) is 75.6 Å². The van der Waals surface area contributed by atoms with Gasteiger partial charge in [0.15, 0.2) is 0 Å². The number of nitrogens with one attached hydrogen (secondary N) is 2. The molecule has 6 heteroatoms. The Balaban J connectivity index is 1.67. The Bertz CT molecular complexity index is 864. The van der Waals surface area contributed by atoms with Crippen LogP contribution in [-0.4, -0.2) is 32.2 Å². The van der Waals surface area contributed by atoms with Gasteiger partial charge >= 0.3 is 0 Å². The number of imidazole rings is 1. The number of aryl methyl sites for hydroxylation is 2. The Hall–Kier alpha value is -2.89. The lowest BCUT2D eigenvalue weighted by atomic mass is 9.96. The number of H-pyrrole nitrogens is 1. The fourth-order valence-electron chi connectivity index (χ4n) is 3.03. The van der Waals surface area contributed by atoms with Crippen LogP contribution in [0.25, 0.3) is 11.1 Å². The van der Waals surface area contributed by atoms with Gasteiger partial charge in [0.05, 0.1) is 12.0 Å². The molecule has 0 aliphatic rings. The summed E-state index contributed by atoms with van der Waals surface area (Å²) in [5.41, 5.74) is 4.83. The van der Waals surface area contributed by atoms with Gasteiger partial charge in [0, 0.05) is 42.3 Å². The zero-order valence-corrected chi connectivity index (χ0v) is 15.5. The Kier molecular flexibility index (Phi) is 5.51. The van der Waals surface area contributed by atoms with Gasteiger partial charge in [-0.3, -0.25) is 9.89 Å². The van der Waals surface area contributed by atoms with E-state index in [1.54, 1.807) is 12.5 Å². The average Bonchev–Trinajstić information content (AvgIpc) is 3.28. The predicted molar refractivity (Wildman–Crippen MR) is 102 cm³/mol. The summed E-state index contributed by atoms with van der Waals surface area (Å²) in [4.78, 5) is 16.5. The number of benzene rings is 1. The molecule has 0 spiro atoms. The van der Waals surface area contributed by atoms with Crippen LogP contribution in [0.15, 0.2) is 43.0 Å². The minimum absolute atomic E-state index is 0.0512. The molecule has 0 radical (unpaired) electrons. The summed E-state index contributed by atoms with van der Waals surface area (Å²) in [6.07, 6.45) is 6.32. The highest BCUT2D eigenvalue weighted by atomic mass is 16.1. The van der Waals surface area contributed by atoms with Crippen LogP contribution >= 0.6 is 0 Å². The summed E-state index contributed by atoms with van der Waals surface area (Å²) in [5.74, 6) is 0.264. The molecule has 0 atom stereocenters. The van der Waals surface area contributed by atoms with E-state index in [0.717, 1.165) is 35.5 Å². The molecule has 26 heavy (non-hydrogen) atoms. The van der Waals surface area contributed by atoms with Crippen molar-refractivity contribution in [1.82, 2.24) is 25.1 Å². The number of aromatic nitrogens is 4. The van der Waals surface area contributed by atoms with E-state index in [0.29, 0.717) is 18.0 Å². The minimum Gasteiger partial charge on any atom is -0.352 e. The molecule has 0 aliphatic heterocycles. The molecule has 0 saturated heterocycles. The smallest absolute Gasteiger partial charge is 0.251 e. The van der Waals surface area contributed by atoms with Crippen LogP contribution in [0.2, 0.25) is 0 Å². The minimum atomic E-state index is -0.0512. The number of carbonyl (C=O) groups is 1. The maximum atomic E-state index is 12.5. The van der Waals surface area contributed by atoms with Gasteiger partial charge in [-0.15, -0.1) is 0 Å². The quantitative estimate of drug-likeness (QED) is 0.640. The van der Waals surface area contributed by atoms with E-state index >= 15 is 0 Å². The Morgan fingerprint density at radius 3 is 2.92 bits per heavy atom. The molecular weight excluding hydrogens is 326 g/mol. The molecule has 0 unspecified atom stereocenters. The lowest BCUT2D eigenvalue weighted by Crippen LogP contribution is -2.25. The monoisotopic (exact) mass is 351 g/mol. The van der Waals surface area contributed by atoms with E-state index in [1.165, 1.54) is 0 Å². The zero-order chi connectivity index (χ0) is 18.5. The summed E-state index contributed by atoms with van der Waals surface area (Å²) in [6.45, 7) is 7.72. The highest BCUT2D eigenvalue weighted by Crippen LogP contribution is 2.30. The number of hydrogen-bond acceptors (Lipinski definition) is 3. The maximum absolute atomic E-state index is 12.5. The van der Waals surface area contributed by atoms with Crippen molar-refractivity contribution in [3.8, 4) is 11.1 Å². The van der Waals surface area contributed by atoms with E-state index < -0.39 is 0 Å². The van der Waals surface area contributed by atoms with Crippen LogP contribution in [0.1, 0.15) is 47.9 Å². The summed E-state index contributed by atoms with van der Waals surface area (Å²) in [7, 11) is 0. The molecule has 3 rings (SSSR count). The van der Waals surface area contributed by atoms with Gasteiger partial charge in [-0.05, 0) is 37.0 Å². The number of hydrogen-bond donors (Lipinski definition) is 2. The standard InChI is InChI=1S/C20H25N5O/c1-14(2)19-18(15(3)23-24-19)16-6-4-7-17(12-16)20(26)22-8-5-10-25-11-9-21-13-25/h4,6-7,9,11-14H,5,8,10H2,1-3H3,(H,22,26)(H,23,24). The van der Waals surface area contributed by atoms with E-state index in [2.05, 4.69) is 34.3 Å². The van der Waals surface area contributed by atoms with Crippen molar-refractivity contribution in [3.63, 3.8) is 0 Å². The van der Waals surface area contributed by atoms with Crippen LogP contribution in [0.4, 0.5) is 0 Å². The third kappa shape index (κ3) is 4.02.